The SMILES string of the molecule is CCCn1c(=O)n(C)c(=O)c2c(SCC3CCCCO3)nc(CC(C)C)nc21. The molecule has 0 aromatic carbocycles. The van der Waals surface area contributed by atoms with Crippen molar-refractivity contribution in [2.75, 3.05) is 12.4 Å². The molecule has 1 unspecified atom stereocenters. The largest absolute Gasteiger partial charge is 0.377 e. The molecular formula is C20H30N4O3S. The van der Waals surface area contributed by atoms with Crippen molar-refractivity contribution in [1.29, 1.82) is 0 Å². The molecule has 8 heteroatoms. The van der Waals surface area contributed by atoms with Gasteiger partial charge in [0.15, 0.2) is 5.65 Å². The Labute approximate surface area is 169 Å². The Bertz CT molecular complexity index is 945. The van der Waals surface area contributed by atoms with Crippen LogP contribution in [0.1, 0.15) is 52.3 Å². The zero-order valence-electron chi connectivity index (χ0n) is 17.2. The van der Waals surface area contributed by atoms with Gasteiger partial charge < -0.3 is 4.74 Å². The fraction of sp³-hybridized carbons (Fsp3) is 0.700. The number of ether oxygens (including phenoxy) is 1. The number of thioether (sulfide) groups is 1. The summed E-state index contributed by atoms with van der Waals surface area (Å²) in [6, 6.07) is 0. The smallest absolute Gasteiger partial charge is 0.332 e. The molecule has 2 aromatic rings. The second-order valence-electron chi connectivity index (χ2n) is 7.84. The van der Waals surface area contributed by atoms with Gasteiger partial charge in [0.25, 0.3) is 5.56 Å². The number of hydrogen-bond acceptors (Lipinski definition) is 6. The average molecular weight is 407 g/mol. The van der Waals surface area contributed by atoms with E-state index in [0.29, 0.717) is 40.8 Å². The van der Waals surface area contributed by atoms with Crippen molar-refractivity contribution in [2.45, 2.75) is 70.6 Å². The summed E-state index contributed by atoms with van der Waals surface area (Å²) in [5, 5.41) is 1.11. The molecule has 28 heavy (non-hydrogen) atoms. The van der Waals surface area contributed by atoms with Crippen molar-refractivity contribution in [3.05, 3.63) is 26.7 Å². The molecule has 1 saturated heterocycles. The van der Waals surface area contributed by atoms with Gasteiger partial charge in [0.1, 0.15) is 16.2 Å². The number of hydrogen-bond donors (Lipinski definition) is 0. The highest BCUT2D eigenvalue weighted by Gasteiger charge is 2.21. The second-order valence-corrected chi connectivity index (χ2v) is 8.85. The number of aromatic nitrogens is 4. The van der Waals surface area contributed by atoms with Crippen LogP contribution in [-0.2, 0) is 24.8 Å². The van der Waals surface area contributed by atoms with Crippen LogP contribution in [0.5, 0.6) is 0 Å². The highest BCUT2D eigenvalue weighted by molar-refractivity contribution is 7.99. The maximum absolute atomic E-state index is 12.9. The first kappa shape index (κ1) is 21.0. The summed E-state index contributed by atoms with van der Waals surface area (Å²) in [6.45, 7) is 7.55. The van der Waals surface area contributed by atoms with E-state index in [9.17, 15) is 9.59 Å². The van der Waals surface area contributed by atoms with E-state index in [1.165, 1.54) is 18.0 Å². The second kappa shape index (κ2) is 9.22. The molecule has 0 saturated carbocycles. The van der Waals surface area contributed by atoms with E-state index in [2.05, 4.69) is 18.8 Å². The Hall–Kier alpha value is -1.67. The van der Waals surface area contributed by atoms with E-state index >= 15 is 0 Å². The lowest BCUT2D eigenvalue weighted by Crippen LogP contribution is -2.39. The topological polar surface area (TPSA) is 79.0 Å². The number of fused-ring (bicyclic) bond motifs is 1. The van der Waals surface area contributed by atoms with Crippen molar-refractivity contribution in [1.82, 2.24) is 19.1 Å². The third-order valence-electron chi connectivity index (χ3n) is 4.91. The highest BCUT2D eigenvalue weighted by Crippen LogP contribution is 2.26. The van der Waals surface area contributed by atoms with Crippen molar-refractivity contribution in [3.8, 4) is 0 Å². The van der Waals surface area contributed by atoms with Crippen LogP contribution >= 0.6 is 11.8 Å². The van der Waals surface area contributed by atoms with Gasteiger partial charge in [-0.3, -0.25) is 13.9 Å². The fourth-order valence-electron chi connectivity index (χ4n) is 3.48. The number of aryl methyl sites for hydroxylation is 1. The molecule has 1 aliphatic heterocycles. The van der Waals surface area contributed by atoms with E-state index in [4.69, 9.17) is 9.72 Å². The van der Waals surface area contributed by atoms with E-state index in [1.807, 2.05) is 6.92 Å². The Morgan fingerprint density at radius 3 is 2.68 bits per heavy atom. The van der Waals surface area contributed by atoms with E-state index in [-0.39, 0.29) is 17.4 Å². The van der Waals surface area contributed by atoms with Gasteiger partial charge in [-0.2, -0.15) is 0 Å². The van der Waals surface area contributed by atoms with Crippen LogP contribution in [-0.4, -0.2) is 37.6 Å². The van der Waals surface area contributed by atoms with E-state index in [0.717, 1.165) is 31.6 Å². The molecule has 0 radical (unpaired) electrons. The van der Waals surface area contributed by atoms with Gasteiger partial charge in [-0.1, -0.05) is 20.8 Å². The fourth-order valence-corrected chi connectivity index (χ4v) is 4.58. The van der Waals surface area contributed by atoms with Gasteiger partial charge in [0.05, 0.1) is 6.10 Å². The Morgan fingerprint density at radius 2 is 2.04 bits per heavy atom. The standard InChI is InChI=1S/C20H30N4O3S/c1-5-9-24-17-16(19(25)23(4)20(24)26)18(22-15(21-17)11-13(2)3)28-12-14-8-6-7-10-27-14/h13-14H,5-12H2,1-4H3. The van der Waals surface area contributed by atoms with Crippen LogP contribution in [0.2, 0.25) is 0 Å². The van der Waals surface area contributed by atoms with E-state index < -0.39 is 0 Å². The van der Waals surface area contributed by atoms with Gasteiger partial charge in [-0.05, 0) is 31.6 Å². The normalized spacial score (nSPS) is 17.5. The first-order valence-corrected chi connectivity index (χ1v) is 11.2. The summed E-state index contributed by atoms with van der Waals surface area (Å²) in [6.07, 6.45) is 5.00. The maximum atomic E-state index is 12.9. The summed E-state index contributed by atoms with van der Waals surface area (Å²) >= 11 is 1.55. The van der Waals surface area contributed by atoms with Gasteiger partial charge >= 0.3 is 5.69 Å². The Morgan fingerprint density at radius 1 is 1.25 bits per heavy atom. The highest BCUT2D eigenvalue weighted by atomic mass is 32.2. The Balaban J connectivity index is 2.13. The predicted molar refractivity (Wildman–Crippen MR) is 112 cm³/mol. The lowest BCUT2D eigenvalue weighted by molar-refractivity contribution is 0.0315. The third-order valence-corrected chi connectivity index (χ3v) is 6.02. The molecule has 1 atom stereocenters. The number of nitrogens with zero attached hydrogens (tertiary/aromatic N) is 4. The van der Waals surface area contributed by atoms with Crippen molar-refractivity contribution < 1.29 is 4.74 Å². The molecular weight excluding hydrogens is 376 g/mol. The zero-order chi connectivity index (χ0) is 20.3. The molecule has 1 aliphatic rings. The molecule has 154 valence electrons. The quantitative estimate of drug-likeness (QED) is 0.520. The van der Waals surface area contributed by atoms with Crippen molar-refractivity contribution in [2.24, 2.45) is 13.0 Å². The summed E-state index contributed by atoms with van der Waals surface area (Å²) in [7, 11) is 1.52. The molecule has 2 aromatic heterocycles. The molecule has 0 spiro atoms. The van der Waals surface area contributed by atoms with Crippen LogP contribution in [0.15, 0.2) is 14.6 Å². The minimum Gasteiger partial charge on any atom is -0.377 e. The zero-order valence-corrected chi connectivity index (χ0v) is 18.0. The van der Waals surface area contributed by atoms with Crippen LogP contribution in [0.25, 0.3) is 11.0 Å². The first-order chi connectivity index (χ1) is 13.4. The molecule has 1 fully saturated rings. The summed E-state index contributed by atoms with van der Waals surface area (Å²) in [5.41, 5.74) is -0.178. The molecule has 0 amide bonds. The lowest BCUT2D eigenvalue weighted by Gasteiger charge is -2.22. The average Bonchev–Trinajstić information content (AvgIpc) is 2.68. The monoisotopic (exact) mass is 406 g/mol. The molecule has 3 rings (SSSR count). The molecule has 0 bridgehead atoms. The van der Waals surface area contributed by atoms with E-state index in [1.54, 1.807) is 16.3 Å². The van der Waals surface area contributed by atoms with Crippen LogP contribution in [0.3, 0.4) is 0 Å². The minimum absolute atomic E-state index is 0.183. The summed E-state index contributed by atoms with van der Waals surface area (Å²) in [4.78, 5) is 35.0. The maximum Gasteiger partial charge on any atom is 0.332 e. The summed E-state index contributed by atoms with van der Waals surface area (Å²) in [5.74, 6) is 1.82. The van der Waals surface area contributed by atoms with Crippen LogP contribution < -0.4 is 11.2 Å². The lowest BCUT2D eigenvalue weighted by atomic mass is 10.1. The van der Waals surface area contributed by atoms with Crippen molar-refractivity contribution >= 4 is 22.8 Å². The van der Waals surface area contributed by atoms with Gasteiger partial charge in [-0.15, -0.1) is 11.8 Å². The molecule has 3 heterocycles. The van der Waals surface area contributed by atoms with Crippen LogP contribution in [0.4, 0.5) is 0 Å². The molecule has 7 nitrogen and oxygen atoms in total. The summed E-state index contributed by atoms with van der Waals surface area (Å²) < 4.78 is 8.62. The first-order valence-electron chi connectivity index (χ1n) is 10.2. The van der Waals surface area contributed by atoms with Gasteiger partial charge in [0.2, 0.25) is 0 Å². The molecule has 0 aliphatic carbocycles. The van der Waals surface area contributed by atoms with Gasteiger partial charge in [0, 0.05) is 32.4 Å². The van der Waals surface area contributed by atoms with Crippen LogP contribution in [0, 0.1) is 5.92 Å². The minimum atomic E-state index is -0.324. The predicted octanol–water partition coefficient (Wildman–Crippen LogP) is 2.76. The Kier molecular flexibility index (Phi) is 6.93. The third kappa shape index (κ3) is 4.49. The number of rotatable bonds is 7. The van der Waals surface area contributed by atoms with Gasteiger partial charge in [-0.25, -0.2) is 14.8 Å². The van der Waals surface area contributed by atoms with Crippen molar-refractivity contribution in [3.63, 3.8) is 0 Å². The molecule has 0 N–H and O–H groups in total.